The highest BCUT2D eigenvalue weighted by Crippen LogP contribution is 2.26. The van der Waals surface area contributed by atoms with E-state index in [-0.39, 0.29) is 0 Å². The van der Waals surface area contributed by atoms with E-state index in [1.807, 2.05) is 17.8 Å². The van der Waals surface area contributed by atoms with Crippen molar-refractivity contribution >= 4 is 23.4 Å². The maximum absolute atomic E-state index is 5.78. The van der Waals surface area contributed by atoms with Gasteiger partial charge in [-0.05, 0) is 25.0 Å². The van der Waals surface area contributed by atoms with Crippen molar-refractivity contribution in [3.63, 3.8) is 0 Å². The van der Waals surface area contributed by atoms with Gasteiger partial charge >= 0.3 is 0 Å². The number of aryl methyl sites for hydroxylation is 1. The molecule has 0 radical (unpaired) electrons. The van der Waals surface area contributed by atoms with Crippen molar-refractivity contribution < 1.29 is 0 Å². The van der Waals surface area contributed by atoms with Crippen molar-refractivity contribution in [1.29, 1.82) is 0 Å². The highest BCUT2D eigenvalue weighted by atomic mass is 32.2. The smallest absolute Gasteiger partial charge is 0.133 e. The molecule has 1 aromatic rings. The molecule has 4 nitrogen and oxygen atoms in total. The first-order valence-electron chi connectivity index (χ1n) is 6.27. The zero-order chi connectivity index (χ0) is 12.1. The van der Waals surface area contributed by atoms with Crippen LogP contribution in [0.15, 0.2) is 6.07 Å². The number of nitrogens with two attached hydrogens (primary N) is 1. The van der Waals surface area contributed by atoms with Crippen LogP contribution in [0.3, 0.4) is 0 Å². The van der Waals surface area contributed by atoms with Crippen LogP contribution >= 0.6 is 11.8 Å². The SMILES string of the molecule is CCCc1nc(N)cc(NCC2CCCS2)n1. The molecule has 1 unspecified atom stereocenters. The molecule has 1 aliphatic heterocycles. The van der Waals surface area contributed by atoms with Crippen LogP contribution in [-0.2, 0) is 6.42 Å². The molecule has 0 saturated carbocycles. The highest BCUT2D eigenvalue weighted by molar-refractivity contribution is 8.00. The van der Waals surface area contributed by atoms with Crippen LogP contribution < -0.4 is 11.1 Å². The van der Waals surface area contributed by atoms with Gasteiger partial charge in [0.25, 0.3) is 0 Å². The van der Waals surface area contributed by atoms with Crippen molar-refractivity contribution in [2.75, 3.05) is 23.3 Å². The van der Waals surface area contributed by atoms with E-state index in [0.29, 0.717) is 5.82 Å². The molecule has 1 saturated heterocycles. The van der Waals surface area contributed by atoms with Gasteiger partial charge in [0, 0.05) is 24.3 Å². The summed E-state index contributed by atoms with van der Waals surface area (Å²) in [5.41, 5.74) is 5.78. The molecule has 1 atom stereocenters. The second-order valence-corrected chi connectivity index (χ2v) is 5.77. The molecule has 5 heteroatoms. The molecule has 0 amide bonds. The first kappa shape index (κ1) is 12.5. The van der Waals surface area contributed by atoms with Crippen LogP contribution in [0.2, 0.25) is 0 Å². The molecule has 0 aliphatic carbocycles. The number of hydrogen-bond acceptors (Lipinski definition) is 5. The monoisotopic (exact) mass is 252 g/mol. The lowest BCUT2D eigenvalue weighted by molar-refractivity contribution is 0.797. The van der Waals surface area contributed by atoms with E-state index in [1.54, 1.807) is 0 Å². The van der Waals surface area contributed by atoms with E-state index in [4.69, 9.17) is 5.73 Å². The van der Waals surface area contributed by atoms with Gasteiger partial charge in [0.05, 0.1) is 0 Å². The predicted octanol–water partition coefficient (Wildman–Crippen LogP) is 2.32. The van der Waals surface area contributed by atoms with Crippen LogP contribution in [0.5, 0.6) is 0 Å². The summed E-state index contributed by atoms with van der Waals surface area (Å²) in [4.78, 5) is 8.70. The van der Waals surface area contributed by atoms with E-state index >= 15 is 0 Å². The maximum atomic E-state index is 5.78. The Bertz CT molecular complexity index is 364. The van der Waals surface area contributed by atoms with E-state index in [2.05, 4.69) is 22.2 Å². The molecule has 0 aromatic carbocycles. The average Bonchev–Trinajstić information content (AvgIpc) is 2.79. The largest absolute Gasteiger partial charge is 0.384 e. The third-order valence-corrected chi connectivity index (χ3v) is 4.20. The molecule has 1 aliphatic rings. The van der Waals surface area contributed by atoms with Crippen molar-refractivity contribution in [2.24, 2.45) is 0 Å². The van der Waals surface area contributed by atoms with Gasteiger partial charge in [0.15, 0.2) is 0 Å². The Kier molecular flexibility index (Phi) is 4.48. The summed E-state index contributed by atoms with van der Waals surface area (Å²) in [5.74, 6) is 3.56. The molecule has 17 heavy (non-hydrogen) atoms. The van der Waals surface area contributed by atoms with Crippen LogP contribution in [0.25, 0.3) is 0 Å². The first-order valence-corrected chi connectivity index (χ1v) is 7.31. The van der Waals surface area contributed by atoms with Crippen molar-refractivity contribution in [3.8, 4) is 0 Å². The van der Waals surface area contributed by atoms with E-state index in [0.717, 1.165) is 36.3 Å². The summed E-state index contributed by atoms with van der Waals surface area (Å²) in [6.45, 7) is 3.10. The predicted molar refractivity (Wildman–Crippen MR) is 74.4 cm³/mol. The lowest BCUT2D eigenvalue weighted by Crippen LogP contribution is -2.15. The Labute approximate surface area is 107 Å². The minimum atomic E-state index is 0.560. The third kappa shape index (κ3) is 3.77. The maximum Gasteiger partial charge on any atom is 0.133 e. The Balaban J connectivity index is 1.94. The molecular weight excluding hydrogens is 232 g/mol. The Morgan fingerprint density at radius 2 is 2.41 bits per heavy atom. The van der Waals surface area contributed by atoms with E-state index in [1.165, 1.54) is 18.6 Å². The van der Waals surface area contributed by atoms with Gasteiger partial charge in [-0.3, -0.25) is 0 Å². The van der Waals surface area contributed by atoms with Gasteiger partial charge in [0.1, 0.15) is 17.5 Å². The summed E-state index contributed by atoms with van der Waals surface area (Å²) in [6.07, 6.45) is 4.57. The zero-order valence-electron chi connectivity index (χ0n) is 10.3. The number of anilines is 2. The molecular formula is C12H20N4S. The number of rotatable bonds is 5. The molecule has 3 N–H and O–H groups in total. The van der Waals surface area contributed by atoms with Crippen LogP contribution in [0.1, 0.15) is 32.0 Å². The molecule has 1 fully saturated rings. The van der Waals surface area contributed by atoms with Crippen LogP contribution in [-0.4, -0.2) is 27.5 Å². The molecule has 1 aromatic heterocycles. The van der Waals surface area contributed by atoms with Crippen molar-refractivity contribution in [3.05, 3.63) is 11.9 Å². The zero-order valence-corrected chi connectivity index (χ0v) is 11.1. The minimum Gasteiger partial charge on any atom is -0.384 e. The minimum absolute atomic E-state index is 0.560. The fourth-order valence-corrected chi connectivity index (χ4v) is 3.17. The number of thioether (sulfide) groups is 1. The lowest BCUT2D eigenvalue weighted by atomic mass is 10.2. The third-order valence-electron chi connectivity index (χ3n) is 2.80. The Morgan fingerprint density at radius 3 is 3.12 bits per heavy atom. The fraction of sp³-hybridized carbons (Fsp3) is 0.667. The van der Waals surface area contributed by atoms with Gasteiger partial charge in [-0.25, -0.2) is 9.97 Å². The number of nitrogens with one attached hydrogen (secondary N) is 1. The summed E-state index contributed by atoms with van der Waals surface area (Å²) in [5, 5.41) is 4.10. The van der Waals surface area contributed by atoms with Gasteiger partial charge < -0.3 is 11.1 Å². The first-order chi connectivity index (χ1) is 8.28. The van der Waals surface area contributed by atoms with Gasteiger partial charge in [-0.15, -0.1) is 0 Å². The van der Waals surface area contributed by atoms with Gasteiger partial charge in [-0.1, -0.05) is 6.92 Å². The Hall–Kier alpha value is -0.970. The molecule has 2 rings (SSSR count). The quantitative estimate of drug-likeness (QED) is 0.842. The molecule has 94 valence electrons. The number of nitrogen functional groups attached to an aromatic ring is 1. The van der Waals surface area contributed by atoms with Crippen molar-refractivity contribution in [1.82, 2.24) is 9.97 Å². The van der Waals surface area contributed by atoms with E-state index in [9.17, 15) is 0 Å². The molecule has 0 bridgehead atoms. The number of nitrogens with zero attached hydrogens (tertiary/aromatic N) is 2. The fourth-order valence-electron chi connectivity index (χ4n) is 1.97. The normalized spacial score (nSPS) is 19.5. The molecule has 2 heterocycles. The summed E-state index contributed by atoms with van der Waals surface area (Å²) in [7, 11) is 0. The lowest BCUT2D eigenvalue weighted by Gasteiger charge is -2.11. The van der Waals surface area contributed by atoms with Gasteiger partial charge in [0.2, 0.25) is 0 Å². The second kappa shape index (κ2) is 6.10. The van der Waals surface area contributed by atoms with Crippen LogP contribution in [0, 0.1) is 0 Å². The second-order valence-electron chi connectivity index (χ2n) is 4.36. The summed E-state index contributed by atoms with van der Waals surface area (Å²) in [6, 6.07) is 1.82. The number of hydrogen-bond donors (Lipinski definition) is 2. The van der Waals surface area contributed by atoms with Crippen molar-refractivity contribution in [2.45, 2.75) is 37.9 Å². The van der Waals surface area contributed by atoms with Crippen LogP contribution in [0.4, 0.5) is 11.6 Å². The van der Waals surface area contributed by atoms with Gasteiger partial charge in [-0.2, -0.15) is 11.8 Å². The Morgan fingerprint density at radius 1 is 1.53 bits per heavy atom. The summed E-state index contributed by atoms with van der Waals surface area (Å²) < 4.78 is 0. The molecule has 0 spiro atoms. The average molecular weight is 252 g/mol. The topological polar surface area (TPSA) is 63.8 Å². The van der Waals surface area contributed by atoms with E-state index < -0.39 is 0 Å². The highest BCUT2D eigenvalue weighted by Gasteiger charge is 2.15. The summed E-state index contributed by atoms with van der Waals surface area (Å²) >= 11 is 2.04. The number of aromatic nitrogens is 2. The standard InChI is InChI=1S/C12H20N4S/c1-2-4-11-15-10(13)7-12(16-11)14-8-9-5-3-6-17-9/h7,9H,2-6,8H2,1H3,(H3,13,14,15,16).